The van der Waals surface area contributed by atoms with Gasteiger partial charge in [0.2, 0.25) is 11.2 Å². The number of hydrogen-bond donors (Lipinski definition) is 2. The molecule has 0 saturated heterocycles. The quantitative estimate of drug-likeness (QED) is 0.414. The minimum atomic E-state index is -2.21. The van der Waals surface area contributed by atoms with Gasteiger partial charge in [-0.05, 0) is 55.6 Å². The molecule has 142 valence electrons. The molecule has 0 aliphatic carbocycles. The van der Waals surface area contributed by atoms with Gasteiger partial charge in [-0.1, -0.05) is 13.8 Å². The Hall–Kier alpha value is -1.70. The fourth-order valence-electron chi connectivity index (χ4n) is 2.41. The number of ether oxygens (including phenoxy) is 1. The summed E-state index contributed by atoms with van der Waals surface area (Å²) in [7, 11) is -2.21. The number of nitrogens with zero attached hydrogens (tertiary/aromatic N) is 3. The average molecular weight is 395 g/mol. The van der Waals surface area contributed by atoms with E-state index in [0.29, 0.717) is 23.9 Å². The van der Waals surface area contributed by atoms with Crippen molar-refractivity contribution in [2.75, 3.05) is 12.3 Å². The summed E-state index contributed by atoms with van der Waals surface area (Å²) in [5.74, 6) is 0.417. The van der Waals surface area contributed by atoms with Gasteiger partial charge in [0.1, 0.15) is 0 Å². The van der Waals surface area contributed by atoms with E-state index in [9.17, 15) is 4.80 Å². The van der Waals surface area contributed by atoms with Crippen LogP contribution in [0.2, 0.25) is 23.4 Å². The first-order chi connectivity index (χ1) is 12.0. The lowest BCUT2D eigenvalue weighted by molar-refractivity contribution is 0.284. The minimum Gasteiger partial charge on any atom is -0.478 e. The molecular weight excluding hydrogens is 368 g/mol. The molecular formula is C18H27ClN4O2Si. The highest BCUT2D eigenvalue weighted by Crippen LogP contribution is 2.39. The first-order valence-electron chi connectivity index (χ1n) is 8.62. The van der Waals surface area contributed by atoms with Gasteiger partial charge in [-0.3, -0.25) is 4.98 Å². The first-order valence-corrected chi connectivity index (χ1v) is 11.9. The van der Waals surface area contributed by atoms with Gasteiger partial charge < -0.3 is 15.3 Å². The van der Waals surface area contributed by atoms with Crippen molar-refractivity contribution in [2.45, 2.75) is 51.7 Å². The van der Waals surface area contributed by atoms with Gasteiger partial charge in [0.15, 0.2) is 8.32 Å². The monoisotopic (exact) mass is 394 g/mol. The predicted octanol–water partition coefficient (Wildman–Crippen LogP) is 4.22. The second-order valence-electron chi connectivity index (χ2n) is 7.66. The number of hydrogen-bond acceptors (Lipinski definition) is 6. The summed E-state index contributed by atoms with van der Waals surface area (Å²) in [6, 6.07) is 3.55. The van der Waals surface area contributed by atoms with Crippen LogP contribution in [-0.2, 0) is 0 Å². The summed E-state index contributed by atoms with van der Waals surface area (Å²) < 4.78 is 5.77. The molecule has 0 aliphatic heterocycles. The van der Waals surface area contributed by atoms with Crippen LogP contribution in [0.25, 0.3) is 11.3 Å². The molecule has 0 aromatic carbocycles. The van der Waals surface area contributed by atoms with Crippen molar-refractivity contribution >= 4 is 25.6 Å². The summed E-state index contributed by atoms with van der Waals surface area (Å²) in [6.07, 6.45) is 3.30. The lowest BCUT2D eigenvalue weighted by atomic mass is 10.1. The van der Waals surface area contributed by atoms with Crippen molar-refractivity contribution in [3.63, 3.8) is 0 Å². The Morgan fingerprint density at radius 3 is 2.62 bits per heavy atom. The summed E-state index contributed by atoms with van der Waals surface area (Å²) in [5.41, 5.74) is 8.61. The van der Waals surface area contributed by atoms with Crippen LogP contribution in [0.4, 0.5) is 5.69 Å². The Kier molecular flexibility index (Phi) is 6.26. The van der Waals surface area contributed by atoms with E-state index in [1.807, 2.05) is 20.0 Å². The highest BCUT2D eigenvalue weighted by Gasteiger charge is 2.37. The highest BCUT2D eigenvalue weighted by atomic mass is 35.5. The molecule has 6 nitrogen and oxygen atoms in total. The second-order valence-corrected chi connectivity index (χ2v) is 12.5. The fraction of sp³-hybridized carbons (Fsp3) is 0.500. The Morgan fingerprint density at radius 2 is 1.96 bits per heavy atom. The Labute approximate surface area is 160 Å². The summed E-state index contributed by atoms with van der Waals surface area (Å²) in [5, 5.41) is 0.0402. The molecule has 3 N–H and O–H groups in total. The molecule has 0 spiro atoms. The van der Waals surface area contributed by atoms with Crippen molar-refractivity contribution < 1.29 is 9.53 Å². The first kappa shape index (κ1) is 20.6. The third kappa shape index (κ3) is 5.15. The van der Waals surface area contributed by atoms with E-state index in [0.717, 1.165) is 24.1 Å². The van der Waals surface area contributed by atoms with E-state index in [-0.39, 0.29) is 10.3 Å². The molecule has 0 saturated carbocycles. The van der Waals surface area contributed by atoms with Gasteiger partial charge in [-0.25, -0.2) is 4.98 Å². The SMILES string of the molecule is Cc1ncc(N)cc1-c1cc(OCCCC(C)(C)[Si](C)(C)O)nc(Cl)n1. The van der Waals surface area contributed by atoms with Crippen LogP contribution >= 0.6 is 11.6 Å². The van der Waals surface area contributed by atoms with Crippen LogP contribution in [-0.4, -0.2) is 34.7 Å². The zero-order valence-electron chi connectivity index (χ0n) is 16.0. The van der Waals surface area contributed by atoms with Crippen LogP contribution in [0.15, 0.2) is 18.3 Å². The topological polar surface area (TPSA) is 94.2 Å². The number of aryl methyl sites for hydroxylation is 1. The van der Waals surface area contributed by atoms with E-state index in [4.69, 9.17) is 22.1 Å². The Balaban J connectivity index is 2.08. The number of aromatic nitrogens is 3. The highest BCUT2D eigenvalue weighted by molar-refractivity contribution is 6.72. The molecule has 0 atom stereocenters. The van der Waals surface area contributed by atoms with Gasteiger partial charge in [0, 0.05) is 17.3 Å². The van der Waals surface area contributed by atoms with E-state index in [1.54, 1.807) is 18.3 Å². The Bertz CT molecular complexity index is 778. The summed E-state index contributed by atoms with van der Waals surface area (Å²) >= 11 is 6.06. The molecule has 0 aliphatic rings. The molecule has 8 heteroatoms. The third-order valence-corrected chi connectivity index (χ3v) is 8.64. The maximum Gasteiger partial charge on any atom is 0.226 e. The molecule has 0 radical (unpaired) electrons. The van der Waals surface area contributed by atoms with Gasteiger partial charge in [-0.2, -0.15) is 4.98 Å². The van der Waals surface area contributed by atoms with Gasteiger partial charge in [0.05, 0.1) is 24.2 Å². The van der Waals surface area contributed by atoms with E-state index < -0.39 is 8.32 Å². The van der Waals surface area contributed by atoms with E-state index >= 15 is 0 Å². The molecule has 0 fully saturated rings. The number of pyridine rings is 1. The predicted molar refractivity (Wildman–Crippen MR) is 108 cm³/mol. The standard InChI is InChI=1S/C18H27ClN4O2Si/c1-12-14(9-13(20)11-21-12)15-10-16(23-17(19)22-15)25-8-6-7-18(2,3)26(4,5)24/h9-11,24H,6-8,20H2,1-5H3. The van der Waals surface area contributed by atoms with Crippen molar-refractivity contribution in [2.24, 2.45) is 0 Å². The van der Waals surface area contributed by atoms with Crippen LogP contribution in [0, 0.1) is 6.92 Å². The maximum absolute atomic E-state index is 10.4. The lowest BCUT2D eigenvalue weighted by Gasteiger charge is -2.35. The van der Waals surface area contributed by atoms with Crippen molar-refractivity contribution in [1.29, 1.82) is 0 Å². The zero-order chi connectivity index (χ0) is 19.5. The maximum atomic E-state index is 10.4. The number of nitrogen functional groups attached to an aromatic ring is 1. The van der Waals surface area contributed by atoms with Crippen molar-refractivity contribution in [3.05, 3.63) is 29.3 Å². The Morgan fingerprint density at radius 1 is 1.27 bits per heavy atom. The van der Waals surface area contributed by atoms with Gasteiger partial charge in [-0.15, -0.1) is 0 Å². The molecule has 0 amide bonds. The van der Waals surface area contributed by atoms with Crippen LogP contribution in [0.3, 0.4) is 0 Å². The van der Waals surface area contributed by atoms with Crippen LogP contribution < -0.4 is 10.5 Å². The summed E-state index contributed by atoms with van der Waals surface area (Å²) in [6.45, 7) is 10.5. The molecule has 0 unspecified atom stereocenters. The second kappa shape index (κ2) is 7.90. The smallest absolute Gasteiger partial charge is 0.226 e. The minimum absolute atomic E-state index is 0.0742. The molecule has 2 aromatic heterocycles. The lowest BCUT2D eigenvalue weighted by Crippen LogP contribution is -2.39. The fourth-order valence-corrected chi connectivity index (χ4v) is 3.38. The molecule has 26 heavy (non-hydrogen) atoms. The van der Waals surface area contributed by atoms with Crippen molar-refractivity contribution in [1.82, 2.24) is 15.0 Å². The van der Waals surface area contributed by atoms with Gasteiger partial charge >= 0.3 is 0 Å². The average Bonchev–Trinajstić information content (AvgIpc) is 2.52. The number of rotatable bonds is 7. The molecule has 2 rings (SSSR count). The largest absolute Gasteiger partial charge is 0.478 e. The molecule has 2 heterocycles. The normalized spacial score (nSPS) is 12.3. The van der Waals surface area contributed by atoms with Crippen LogP contribution in [0.1, 0.15) is 32.4 Å². The summed E-state index contributed by atoms with van der Waals surface area (Å²) in [4.78, 5) is 23.0. The van der Waals surface area contributed by atoms with Gasteiger partial charge in [0.25, 0.3) is 0 Å². The van der Waals surface area contributed by atoms with Crippen molar-refractivity contribution in [3.8, 4) is 17.1 Å². The third-order valence-electron chi connectivity index (χ3n) is 4.91. The number of nitrogens with two attached hydrogens (primary N) is 1. The molecule has 0 bridgehead atoms. The van der Waals surface area contributed by atoms with Crippen LogP contribution in [0.5, 0.6) is 5.88 Å². The zero-order valence-corrected chi connectivity index (χ0v) is 17.8. The van der Waals surface area contributed by atoms with E-state index in [2.05, 4.69) is 28.8 Å². The number of anilines is 1. The molecule has 2 aromatic rings. The van der Waals surface area contributed by atoms with E-state index in [1.165, 1.54) is 0 Å². The number of halogens is 1.